The van der Waals surface area contributed by atoms with Gasteiger partial charge in [-0.25, -0.2) is 4.99 Å². The first-order valence-corrected chi connectivity index (χ1v) is 7.22. The standard InChI is InChI=1S/C17H22N2O2/c1-10(2)13-8-12(6-7-15(13)21-5)9-14-17(20)19-16(18-14)11(3)4/h6-11H,1-5H3,(H,18,19,20)/b14-9+. The van der Waals surface area contributed by atoms with Crippen molar-refractivity contribution in [1.29, 1.82) is 0 Å². The summed E-state index contributed by atoms with van der Waals surface area (Å²) in [6, 6.07) is 5.92. The molecule has 21 heavy (non-hydrogen) atoms. The molecule has 1 N–H and O–H groups in total. The molecule has 0 atom stereocenters. The molecule has 1 aromatic rings. The minimum atomic E-state index is -0.138. The number of benzene rings is 1. The summed E-state index contributed by atoms with van der Waals surface area (Å²) in [4.78, 5) is 16.3. The lowest BCUT2D eigenvalue weighted by Crippen LogP contribution is -2.27. The maximum atomic E-state index is 11.9. The summed E-state index contributed by atoms with van der Waals surface area (Å²) >= 11 is 0. The van der Waals surface area contributed by atoms with Crippen LogP contribution < -0.4 is 10.1 Å². The Bertz CT molecular complexity index is 613. The number of rotatable bonds is 4. The molecule has 0 unspecified atom stereocenters. The van der Waals surface area contributed by atoms with E-state index in [4.69, 9.17) is 4.74 Å². The third-order valence-corrected chi connectivity index (χ3v) is 3.44. The molecule has 1 aliphatic rings. The summed E-state index contributed by atoms with van der Waals surface area (Å²) in [6.45, 7) is 8.25. The lowest BCUT2D eigenvalue weighted by molar-refractivity contribution is -0.115. The van der Waals surface area contributed by atoms with Crippen molar-refractivity contribution in [2.24, 2.45) is 10.9 Å². The highest BCUT2D eigenvalue weighted by atomic mass is 16.5. The van der Waals surface area contributed by atoms with Crippen LogP contribution in [0.4, 0.5) is 0 Å². The highest BCUT2D eigenvalue weighted by Gasteiger charge is 2.21. The van der Waals surface area contributed by atoms with Gasteiger partial charge in [0.1, 0.15) is 17.3 Å². The van der Waals surface area contributed by atoms with Crippen molar-refractivity contribution in [2.45, 2.75) is 33.6 Å². The summed E-state index contributed by atoms with van der Waals surface area (Å²) in [5.74, 6) is 2.02. The molecule has 0 aromatic heterocycles. The quantitative estimate of drug-likeness (QED) is 0.863. The van der Waals surface area contributed by atoms with Crippen LogP contribution in [0.15, 0.2) is 28.9 Å². The number of aliphatic imine (C=N–C) groups is 1. The molecule has 2 rings (SSSR count). The number of ether oxygens (including phenoxy) is 1. The number of nitrogens with one attached hydrogen (secondary N) is 1. The number of methoxy groups -OCH3 is 1. The molecule has 0 saturated carbocycles. The second kappa shape index (κ2) is 6.12. The number of hydrogen-bond acceptors (Lipinski definition) is 3. The van der Waals surface area contributed by atoms with E-state index < -0.39 is 0 Å². The van der Waals surface area contributed by atoms with E-state index in [0.717, 1.165) is 22.7 Å². The van der Waals surface area contributed by atoms with Gasteiger partial charge in [0.25, 0.3) is 5.91 Å². The predicted molar refractivity (Wildman–Crippen MR) is 85.5 cm³/mol. The summed E-state index contributed by atoms with van der Waals surface area (Å²) in [5, 5.41) is 2.80. The molecular weight excluding hydrogens is 264 g/mol. The maximum Gasteiger partial charge on any atom is 0.275 e. The van der Waals surface area contributed by atoms with Crippen molar-refractivity contribution >= 4 is 17.8 Å². The minimum Gasteiger partial charge on any atom is -0.496 e. The van der Waals surface area contributed by atoms with Crippen LogP contribution in [0.1, 0.15) is 44.7 Å². The smallest absolute Gasteiger partial charge is 0.275 e. The molecule has 1 heterocycles. The first-order valence-electron chi connectivity index (χ1n) is 7.22. The number of hydrogen-bond donors (Lipinski definition) is 1. The lowest BCUT2D eigenvalue weighted by Gasteiger charge is -2.12. The normalized spacial score (nSPS) is 16.6. The van der Waals surface area contributed by atoms with Crippen molar-refractivity contribution in [3.05, 3.63) is 35.0 Å². The molecule has 1 aliphatic heterocycles. The van der Waals surface area contributed by atoms with Crippen LogP contribution in [-0.2, 0) is 4.79 Å². The van der Waals surface area contributed by atoms with Crippen molar-refractivity contribution < 1.29 is 9.53 Å². The highest BCUT2D eigenvalue weighted by Crippen LogP contribution is 2.28. The zero-order valence-electron chi connectivity index (χ0n) is 13.2. The molecular formula is C17H22N2O2. The molecule has 112 valence electrons. The molecule has 0 spiro atoms. The highest BCUT2D eigenvalue weighted by molar-refractivity contribution is 6.14. The topological polar surface area (TPSA) is 50.7 Å². The zero-order valence-corrected chi connectivity index (χ0v) is 13.2. The first-order chi connectivity index (χ1) is 9.92. The van der Waals surface area contributed by atoms with Crippen molar-refractivity contribution in [1.82, 2.24) is 5.32 Å². The van der Waals surface area contributed by atoms with Crippen molar-refractivity contribution in [3.8, 4) is 5.75 Å². The van der Waals surface area contributed by atoms with Gasteiger partial charge in [-0.15, -0.1) is 0 Å². The van der Waals surface area contributed by atoms with E-state index in [1.807, 2.05) is 38.1 Å². The average Bonchev–Trinajstić information content (AvgIpc) is 2.80. The van der Waals surface area contributed by atoms with E-state index in [1.165, 1.54) is 0 Å². The van der Waals surface area contributed by atoms with Gasteiger partial charge in [-0.2, -0.15) is 0 Å². The monoisotopic (exact) mass is 286 g/mol. The van der Waals surface area contributed by atoms with E-state index in [9.17, 15) is 4.79 Å². The van der Waals surface area contributed by atoms with E-state index in [1.54, 1.807) is 7.11 Å². The molecule has 0 aliphatic carbocycles. The van der Waals surface area contributed by atoms with Gasteiger partial charge in [-0.1, -0.05) is 33.8 Å². The van der Waals surface area contributed by atoms with Gasteiger partial charge in [0.15, 0.2) is 0 Å². The fraction of sp³-hybridized carbons (Fsp3) is 0.412. The Balaban J connectivity index is 2.37. The van der Waals surface area contributed by atoms with Crippen LogP contribution in [0.3, 0.4) is 0 Å². The Morgan fingerprint density at radius 2 is 1.90 bits per heavy atom. The Morgan fingerprint density at radius 1 is 1.19 bits per heavy atom. The Morgan fingerprint density at radius 3 is 2.43 bits per heavy atom. The first kappa shape index (κ1) is 15.3. The van der Waals surface area contributed by atoms with Crippen molar-refractivity contribution in [2.75, 3.05) is 7.11 Å². The van der Waals surface area contributed by atoms with Crippen LogP contribution in [0.2, 0.25) is 0 Å². The Kier molecular flexibility index (Phi) is 4.46. The zero-order chi connectivity index (χ0) is 15.6. The molecule has 1 amide bonds. The van der Waals surface area contributed by atoms with Gasteiger partial charge in [-0.3, -0.25) is 4.79 Å². The summed E-state index contributed by atoms with van der Waals surface area (Å²) in [5.41, 5.74) is 2.54. The van der Waals surface area contributed by atoms with E-state index in [0.29, 0.717) is 11.6 Å². The second-order valence-corrected chi connectivity index (χ2v) is 5.79. The van der Waals surface area contributed by atoms with Gasteiger partial charge in [-0.05, 0) is 35.3 Å². The molecule has 4 nitrogen and oxygen atoms in total. The fourth-order valence-corrected chi connectivity index (χ4v) is 2.21. The largest absolute Gasteiger partial charge is 0.496 e. The number of amides is 1. The van der Waals surface area contributed by atoms with E-state index in [-0.39, 0.29) is 11.8 Å². The molecule has 4 heteroatoms. The number of amidine groups is 1. The van der Waals surface area contributed by atoms with Gasteiger partial charge < -0.3 is 10.1 Å². The van der Waals surface area contributed by atoms with Crippen LogP contribution in [0.25, 0.3) is 6.08 Å². The van der Waals surface area contributed by atoms with Crippen LogP contribution >= 0.6 is 0 Å². The van der Waals surface area contributed by atoms with Gasteiger partial charge >= 0.3 is 0 Å². The van der Waals surface area contributed by atoms with Gasteiger partial charge in [0.05, 0.1) is 7.11 Å². The van der Waals surface area contributed by atoms with Gasteiger partial charge in [0.2, 0.25) is 0 Å². The molecule has 1 aromatic carbocycles. The van der Waals surface area contributed by atoms with Crippen LogP contribution in [-0.4, -0.2) is 18.9 Å². The van der Waals surface area contributed by atoms with Gasteiger partial charge in [0, 0.05) is 5.92 Å². The molecule has 0 saturated heterocycles. The average molecular weight is 286 g/mol. The molecule has 0 radical (unpaired) electrons. The summed E-state index contributed by atoms with van der Waals surface area (Å²) in [6.07, 6.45) is 1.82. The fourth-order valence-electron chi connectivity index (χ4n) is 2.21. The maximum absolute atomic E-state index is 11.9. The third-order valence-electron chi connectivity index (χ3n) is 3.44. The minimum absolute atomic E-state index is 0.138. The summed E-state index contributed by atoms with van der Waals surface area (Å²) < 4.78 is 5.37. The molecule has 0 fully saturated rings. The van der Waals surface area contributed by atoms with E-state index >= 15 is 0 Å². The predicted octanol–water partition coefficient (Wildman–Crippen LogP) is 3.34. The SMILES string of the molecule is COc1ccc(/C=C2/N=C(C(C)C)NC2=O)cc1C(C)C. The second-order valence-electron chi connectivity index (χ2n) is 5.79. The van der Waals surface area contributed by atoms with Crippen molar-refractivity contribution in [3.63, 3.8) is 0 Å². The van der Waals surface area contributed by atoms with Crippen LogP contribution in [0.5, 0.6) is 5.75 Å². The third kappa shape index (κ3) is 3.32. The Hall–Kier alpha value is -2.10. The lowest BCUT2D eigenvalue weighted by atomic mass is 9.99. The Labute approximate surface area is 125 Å². The number of carbonyl (C=O) groups excluding carboxylic acids is 1. The summed E-state index contributed by atoms with van der Waals surface area (Å²) in [7, 11) is 1.67. The van der Waals surface area contributed by atoms with E-state index in [2.05, 4.69) is 24.2 Å². The number of nitrogens with zero attached hydrogens (tertiary/aromatic N) is 1. The molecule has 0 bridgehead atoms. The van der Waals surface area contributed by atoms with Crippen LogP contribution in [0, 0.1) is 5.92 Å². The number of carbonyl (C=O) groups is 1.